The number of ether oxygens (including phenoxy) is 1. The third-order valence-corrected chi connectivity index (χ3v) is 0.421. The molecule has 0 saturated heterocycles. The minimum Gasteiger partial charge on any atom is -0.468 e. The Hall–Kier alpha value is -0.930. The smallest absolute Gasteiger partial charge is 0.331 e. The first-order valence-corrected chi connectivity index (χ1v) is 1.67. The lowest BCUT2D eigenvalue weighted by molar-refractivity contribution is -0.138. The SMILES string of the molecule is COC(=O)CN=O. The maximum absolute atomic E-state index is 9.90. The number of hydrogen-bond donors (Lipinski definition) is 0. The van der Waals surface area contributed by atoms with Gasteiger partial charge in [0.25, 0.3) is 0 Å². The second-order valence-electron chi connectivity index (χ2n) is 0.863. The predicted octanol–water partition coefficient (Wildman–Crippen LogP) is -0.0742. The van der Waals surface area contributed by atoms with Crippen molar-refractivity contribution in [3.05, 3.63) is 4.91 Å². The van der Waals surface area contributed by atoms with Crippen molar-refractivity contribution in [1.29, 1.82) is 0 Å². The maximum atomic E-state index is 9.90. The molecular weight excluding hydrogens is 98.0 g/mol. The lowest BCUT2D eigenvalue weighted by Crippen LogP contribution is -2.02. The van der Waals surface area contributed by atoms with Gasteiger partial charge in [0.1, 0.15) is 0 Å². The molecule has 4 heteroatoms. The van der Waals surface area contributed by atoms with Crippen LogP contribution < -0.4 is 0 Å². The van der Waals surface area contributed by atoms with E-state index in [-0.39, 0.29) is 0 Å². The van der Waals surface area contributed by atoms with Crippen molar-refractivity contribution in [2.75, 3.05) is 13.7 Å². The standard InChI is InChI=1S/C3H5NO3/c1-7-3(5)2-4-6/h2H2,1H3. The zero-order chi connectivity index (χ0) is 5.70. The molecule has 0 bridgehead atoms. The van der Waals surface area contributed by atoms with Crippen molar-refractivity contribution in [2.24, 2.45) is 5.18 Å². The summed E-state index contributed by atoms with van der Waals surface area (Å²) in [5.74, 6) is -0.602. The summed E-state index contributed by atoms with van der Waals surface area (Å²) in [6, 6.07) is 0. The van der Waals surface area contributed by atoms with Gasteiger partial charge in [0.2, 0.25) is 0 Å². The lowest BCUT2D eigenvalue weighted by atomic mass is 10.7. The van der Waals surface area contributed by atoms with Crippen LogP contribution in [0.15, 0.2) is 5.18 Å². The Morgan fingerprint density at radius 2 is 2.43 bits per heavy atom. The first-order valence-electron chi connectivity index (χ1n) is 1.67. The molecule has 0 fully saturated rings. The summed E-state index contributed by atoms with van der Waals surface area (Å²) in [5, 5.41) is 2.28. The average Bonchev–Trinajstić information content (AvgIpc) is 1.68. The maximum Gasteiger partial charge on any atom is 0.331 e. The number of nitrogens with zero attached hydrogens (tertiary/aromatic N) is 1. The van der Waals surface area contributed by atoms with Crippen LogP contribution >= 0.6 is 0 Å². The zero-order valence-electron chi connectivity index (χ0n) is 3.88. The van der Waals surface area contributed by atoms with E-state index in [0.717, 1.165) is 0 Å². The molecule has 0 aliphatic heterocycles. The Kier molecular flexibility index (Phi) is 2.83. The molecule has 0 N–H and O–H groups in total. The molecule has 0 heterocycles. The summed E-state index contributed by atoms with van der Waals surface area (Å²) >= 11 is 0. The fourth-order valence-corrected chi connectivity index (χ4v) is 0.117. The Balaban J connectivity index is 3.17. The van der Waals surface area contributed by atoms with Crippen molar-refractivity contribution in [2.45, 2.75) is 0 Å². The summed E-state index contributed by atoms with van der Waals surface area (Å²) in [5.41, 5.74) is 0. The Morgan fingerprint density at radius 1 is 1.86 bits per heavy atom. The van der Waals surface area contributed by atoms with E-state index in [1.54, 1.807) is 0 Å². The molecule has 0 spiro atoms. The molecule has 0 aromatic carbocycles. The van der Waals surface area contributed by atoms with Crippen molar-refractivity contribution >= 4 is 5.97 Å². The van der Waals surface area contributed by atoms with Crippen molar-refractivity contribution < 1.29 is 9.53 Å². The summed E-state index contributed by atoms with van der Waals surface area (Å²) in [7, 11) is 1.20. The molecule has 0 unspecified atom stereocenters. The van der Waals surface area contributed by atoms with Gasteiger partial charge in [-0.3, -0.25) is 0 Å². The summed E-state index contributed by atoms with van der Waals surface area (Å²) in [4.78, 5) is 19.1. The van der Waals surface area contributed by atoms with Gasteiger partial charge in [-0.25, -0.2) is 4.79 Å². The highest BCUT2D eigenvalue weighted by Crippen LogP contribution is 1.71. The monoisotopic (exact) mass is 103 g/mol. The first kappa shape index (κ1) is 6.07. The quantitative estimate of drug-likeness (QED) is 0.363. The number of esters is 1. The van der Waals surface area contributed by atoms with Crippen LogP contribution in [0.25, 0.3) is 0 Å². The van der Waals surface area contributed by atoms with E-state index < -0.39 is 12.5 Å². The molecule has 0 radical (unpaired) electrons. The van der Waals surface area contributed by atoms with E-state index in [9.17, 15) is 9.70 Å². The highest BCUT2D eigenvalue weighted by molar-refractivity contribution is 5.71. The van der Waals surface area contributed by atoms with Crippen LogP contribution in [-0.2, 0) is 9.53 Å². The zero-order valence-corrected chi connectivity index (χ0v) is 3.88. The number of nitroso groups, excluding NO2 is 1. The normalized spacial score (nSPS) is 7.57. The Labute approximate surface area is 40.4 Å². The van der Waals surface area contributed by atoms with Crippen LogP contribution in [0.1, 0.15) is 0 Å². The second kappa shape index (κ2) is 3.27. The summed E-state index contributed by atoms with van der Waals surface area (Å²) in [6.07, 6.45) is 0. The molecule has 0 aromatic heterocycles. The Morgan fingerprint density at radius 3 is 2.57 bits per heavy atom. The number of methoxy groups -OCH3 is 1. The highest BCUT2D eigenvalue weighted by Gasteiger charge is 1.94. The molecule has 0 saturated carbocycles. The number of hydrogen-bond acceptors (Lipinski definition) is 4. The third kappa shape index (κ3) is 2.88. The number of carbonyl (C=O) groups excluding carboxylic acids is 1. The van der Waals surface area contributed by atoms with Crippen LogP contribution in [0, 0.1) is 4.91 Å². The van der Waals surface area contributed by atoms with Gasteiger partial charge < -0.3 is 4.74 Å². The second-order valence-corrected chi connectivity index (χ2v) is 0.863. The van der Waals surface area contributed by atoms with E-state index in [1.165, 1.54) is 7.11 Å². The van der Waals surface area contributed by atoms with E-state index in [4.69, 9.17) is 0 Å². The minimum absolute atomic E-state index is 0.392. The fraction of sp³-hybridized carbons (Fsp3) is 0.667. The summed E-state index contributed by atoms with van der Waals surface area (Å²) in [6.45, 7) is -0.392. The summed E-state index contributed by atoms with van der Waals surface area (Å²) < 4.78 is 4.06. The molecular formula is C3H5NO3. The van der Waals surface area contributed by atoms with Crippen molar-refractivity contribution in [3.8, 4) is 0 Å². The van der Waals surface area contributed by atoms with Gasteiger partial charge in [0, 0.05) is 0 Å². The van der Waals surface area contributed by atoms with Crippen LogP contribution in [-0.4, -0.2) is 19.6 Å². The van der Waals surface area contributed by atoms with Gasteiger partial charge in [0.05, 0.1) is 7.11 Å². The van der Waals surface area contributed by atoms with E-state index in [0.29, 0.717) is 0 Å². The molecule has 0 atom stereocenters. The molecule has 40 valence electrons. The van der Waals surface area contributed by atoms with Gasteiger partial charge in [0.15, 0.2) is 6.54 Å². The molecule has 0 aliphatic carbocycles. The topological polar surface area (TPSA) is 55.7 Å². The van der Waals surface area contributed by atoms with Gasteiger partial charge in [-0.05, 0) is 0 Å². The van der Waals surface area contributed by atoms with E-state index in [1.807, 2.05) is 0 Å². The molecule has 0 rings (SSSR count). The van der Waals surface area contributed by atoms with E-state index in [2.05, 4.69) is 9.91 Å². The largest absolute Gasteiger partial charge is 0.468 e. The lowest BCUT2D eigenvalue weighted by Gasteiger charge is -1.86. The number of carbonyl (C=O) groups is 1. The minimum atomic E-state index is -0.602. The fourth-order valence-electron chi connectivity index (χ4n) is 0.117. The molecule has 4 nitrogen and oxygen atoms in total. The average molecular weight is 103 g/mol. The third-order valence-electron chi connectivity index (χ3n) is 0.421. The van der Waals surface area contributed by atoms with Gasteiger partial charge in [-0.2, -0.15) is 4.91 Å². The van der Waals surface area contributed by atoms with E-state index >= 15 is 0 Å². The molecule has 0 amide bonds. The van der Waals surface area contributed by atoms with Crippen LogP contribution in [0.4, 0.5) is 0 Å². The molecule has 0 aliphatic rings. The van der Waals surface area contributed by atoms with Crippen LogP contribution in [0.5, 0.6) is 0 Å². The van der Waals surface area contributed by atoms with Gasteiger partial charge in [-0.1, -0.05) is 5.18 Å². The molecule has 0 aromatic rings. The Bertz CT molecular complexity index is 80.2. The highest BCUT2D eigenvalue weighted by atomic mass is 16.5. The predicted molar refractivity (Wildman–Crippen MR) is 22.7 cm³/mol. The van der Waals surface area contributed by atoms with Crippen molar-refractivity contribution in [3.63, 3.8) is 0 Å². The first-order chi connectivity index (χ1) is 3.31. The van der Waals surface area contributed by atoms with Gasteiger partial charge >= 0.3 is 5.97 Å². The van der Waals surface area contributed by atoms with Crippen molar-refractivity contribution in [1.82, 2.24) is 0 Å². The number of rotatable bonds is 2. The molecule has 7 heavy (non-hydrogen) atoms. The van der Waals surface area contributed by atoms with Gasteiger partial charge in [-0.15, -0.1) is 0 Å². The van der Waals surface area contributed by atoms with Crippen LogP contribution in [0.3, 0.4) is 0 Å². The van der Waals surface area contributed by atoms with Crippen LogP contribution in [0.2, 0.25) is 0 Å².